The summed E-state index contributed by atoms with van der Waals surface area (Å²) in [5.74, 6) is 0.825. The highest BCUT2D eigenvalue weighted by atomic mass is 32.2. The van der Waals surface area contributed by atoms with Crippen LogP contribution in [0, 0.1) is 13.8 Å². The van der Waals surface area contributed by atoms with Crippen molar-refractivity contribution in [3.05, 3.63) is 45.8 Å². The Kier molecular flexibility index (Phi) is 7.58. The standard InChI is InChI=1S/C34H44N4O4S2/c1-21-15-22(2)17-23(16-21)31-30(28(39)19-36-10-12-37(13-11-36)26-9-14-44(41,42)20-26)27-18-29(43-32(27)35-31)34(3,4)33(40)38-24-5-6-25(38)8-7-24/h15-18,24-26,35H,5-14,19-20H2,1-4H3. The average molecular weight is 637 g/mol. The first kappa shape index (κ1) is 30.1. The lowest BCUT2D eigenvalue weighted by atomic mass is 9.88. The third kappa shape index (κ3) is 5.35. The molecule has 0 saturated carbocycles. The van der Waals surface area contributed by atoms with Gasteiger partial charge in [-0.05, 0) is 83.6 Å². The fourth-order valence-electron chi connectivity index (χ4n) is 8.22. The van der Waals surface area contributed by atoms with Crippen LogP contribution in [0.4, 0.5) is 0 Å². The van der Waals surface area contributed by atoms with Gasteiger partial charge in [0.1, 0.15) is 4.83 Å². The largest absolute Gasteiger partial charge is 0.346 e. The van der Waals surface area contributed by atoms with Gasteiger partial charge in [0.05, 0.1) is 34.7 Å². The number of ketones is 1. The molecule has 7 rings (SSSR count). The molecular formula is C34H44N4O4S2. The molecule has 236 valence electrons. The highest BCUT2D eigenvalue weighted by Crippen LogP contribution is 2.44. The smallest absolute Gasteiger partial charge is 0.233 e. The van der Waals surface area contributed by atoms with E-state index >= 15 is 0 Å². The predicted octanol–water partition coefficient (Wildman–Crippen LogP) is 4.93. The molecule has 1 atom stereocenters. The SMILES string of the molecule is Cc1cc(C)cc(-c2[nH]c3sc(C(C)(C)C(=O)N4C5CCC4CC5)cc3c2C(=O)CN2CCN(C3CCS(=O)(=O)C3)CC2)c1. The lowest BCUT2D eigenvalue weighted by molar-refractivity contribution is -0.137. The second-order valence-corrected chi connectivity index (χ2v) is 17.5. The number of hydrogen-bond donors (Lipinski definition) is 1. The summed E-state index contributed by atoms with van der Waals surface area (Å²) in [6.07, 6.45) is 5.17. The molecule has 4 aliphatic heterocycles. The molecule has 3 aromatic rings. The fraction of sp³-hybridized carbons (Fsp3) is 0.588. The first-order valence-electron chi connectivity index (χ1n) is 16.2. The Morgan fingerprint density at radius 1 is 0.909 bits per heavy atom. The lowest BCUT2D eigenvalue weighted by Crippen LogP contribution is -2.51. The summed E-state index contributed by atoms with van der Waals surface area (Å²) in [6.45, 7) is 11.6. The van der Waals surface area contributed by atoms with Gasteiger partial charge in [0.25, 0.3) is 0 Å². The monoisotopic (exact) mass is 636 g/mol. The van der Waals surface area contributed by atoms with Crippen molar-refractivity contribution in [2.24, 2.45) is 0 Å². The third-order valence-electron chi connectivity index (χ3n) is 10.6. The van der Waals surface area contributed by atoms with Gasteiger partial charge in [-0.1, -0.05) is 17.2 Å². The van der Waals surface area contributed by atoms with Crippen LogP contribution in [-0.2, 0) is 20.0 Å². The summed E-state index contributed by atoms with van der Waals surface area (Å²) in [7, 11) is -2.92. The number of Topliss-reactive ketones (excluding diaryl/α,β-unsaturated/α-hetero) is 1. The number of carbonyl (C=O) groups is 2. The van der Waals surface area contributed by atoms with Crippen LogP contribution in [0.2, 0.25) is 0 Å². The number of carbonyl (C=O) groups excluding carboxylic acids is 2. The number of aromatic amines is 1. The minimum Gasteiger partial charge on any atom is -0.346 e. The summed E-state index contributed by atoms with van der Waals surface area (Å²) in [5.41, 5.74) is 4.20. The molecule has 0 radical (unpaired) electrons. The van der Waals surface area contributed by atoms with Crippen molar-refractivity contribution in [1.82, 2.24) is 19.7 Å². The quantitative estimate of drug-likeness (QED) is 0.370. The minimum absolute atomic E-state index is 0.0772. The molecule has 1 N–H and O–H groups in total. The lowest BCUT2D eigenvalue weighted by Gasteiger charge is -2.37. The van der Waals surface area contributed by atoms with Gasteiger partial charge in [0, 0.05) is 54.6 Å². The number of H-pyrrole nitrogens is 1. The van der Waals surface area contributed by atoms with Crippen LogP contribution in [0.3, 0.4) is 0 Å². The van der Waals surface area contributed by atoms with Gasteiger partial charge in [-0.2, -0.15) is 0 Å². The number of fused-ring (bicyclic) bond motifs is 3. The zero-order valence-corrected chi connectivity index (χ0v) is 28.0. The van der Waals surface area contributed by atoms with Gasteiger partial charge < -0.3 is 9.88 Å². The van der Waals surface area contributed by atoms with E-state index in [1.165, 1.54) is 0 Å². The van der Waals surface area contributed by atoms with Crippen molar-refractivity contribution in [3.8, 4) is 11.3 Å². The summed E-state index contributed by atoms with van der Waals surface area (Å²) < 4.78 is 24.0. The van der Waals surface area contributed by atoms with Crippen molar-refractivity contribution < 1.29 is 18.0 Å². The summed E-state index contributed by atoms with van der Waals surface area (Å²) in [6, 6.07) is 9.36. The van der Waals surface area contributed by atoms with Crippen molar-refractivity contribution in [3.63, 3.8) is 0 Å². The Morgan fingerprint density at radius 3 is 2.14 bits per heavy atom. The summed E-state index contributed by atoms with van der Waals surface area (Å²) >= 11 is 1.61. The number of nitrogens with zero attached hydrogens (tertiary/aromatic N) is 3. The second kappa shape index (κ2) is 11.1. The van der Waals surface area contributed by atoms with Crippen LogP contribution in [0.25, 0.3) is 21.5 Å². The van der Waals surface area contributed by atoms with E-state index in [0.29, 0.717) is 30.6 Å². The number of aryl methyl sites for hydroxylation is 2. The van der Waals surface area contributed by atoms with Gasteiger partial charge in [-0.25, -0.2) is 8.42 Å². The normalized spacial score (nSPS) is 25.8. The Hall–Kier alpha value is -2.53. The average Bonchev–Trinajstić information content (AvgIpc) is 3.78. The van der Waals surface area contributed by atoms with E-state index < -0.39 is 15.3 Å². The van der Waals surface area contributed by atoms with Crippen molar-refractivity contribution in [1.29, 1.82) is 0 Å². The van der Waals surface area contributed by atoms with Crippen LogP contribution in [0.5, 0.6) is 0 Å². The topological polar surface area (TPSA) is 93.8 Å². The zero-order valence-electron chi connectivity index (χ0n) is 26.3. The molecule has 0 spiro atoms. The first-order valence-corrected chi connectivity index (χ1v) is 18.8. The second-order valence-electron chi connectivity index (χ2n) is 14.2. The Bertz CT molecular complexity index is 1690. The van der Waals surface area contributed by atoms with Crippen molar-refractivity contribution >= 4 is 43.1 Å². The molecule has 4 fully saturated rings. The Labute approximate surface area is 264 Å². The molecule has 4 saturated heterocycles. The maximum absolute atomic E-state index is 14.2. The van der Waals surface area contributed by atoms with Gasteiger partial charge in [0.2, 0.25) is 5.91 Å². The van der Waals surface area contributed by atoms with Crippen molar-refractivity contribution in [2.45, 2.75) is 83.3 Å². The highest BCUT2D eigenvalue weighted by molar-refractivity contribution is 7.91. The molecule has 2 aromatic heterocycles. The summed E-state index contributed by atoms with van der Waals surface area (Å²) in [4.78, 5) is 40.4. The molecule has 1 amide bonds. The Morgan fingerprint density at radius 2 is 1.55 bits per heavy atom. The molecule has 2 bridgehead atoms. The van der Waals surface area contributed by atoms with E-state index in [1.807, 2.05) is 13.8 Å². The molecule has 1 unspecified atom stereocenters. The number of thiophene rings is 1. The van der Waals surface area contributed by atoms with E-state index in [2.05, 4.69) is 57.8 Å². The van der Waals surface area contributed by atoms with Crippen LogP contribution in [0.15, 0.2) is 24.3 Å². The number of amides is 1. The Balaban J connectivity index is 1.17. The van der Waals surface area contributed by atoms with Gasteiger partial charge in [0.15, 0.2) is 15.6 Å². The van der Waals surface area contributed by atoms with Crippen LogP contribution in [-0.4, -0.2) is 102 Å². The molecule has 8 nitrogen and oxygen atoms in total. The number of nitrogens with one attached hydrogen (secondary N) is 1. The maximum Gasteiger partial charge on any atom is 0.233 e. The first-order chi connectivity index (χ1) is 20.9. The van der Waals surface area contributed by atoms with E-state index in [-0.39, 0.29) is 29.2 Å². The van der Waals surface area contributed by atoms with E-state index in [9.17, 15) is 18.0 Å². The minimum atomic E-state index is -2.92. The summed E-state index contributed by atoms with van der Waals surface area (Å²) in [5, 5.41) is 0.907. The highest BCUT2D eigenvalue weighted by Gasteiger charge is 2.47. The van der Waals surface area contributed by atoms with Crippen LogP contribution >= 0.6 is 11.3 Å². The van der Waals surface area contributed by atoms with Gasteiger partial charge >= 0.3 is 0 Å². The number of benzene rings is 1. The zero-order chi connectivity index (χ0) is 31.0. The van der Waals surface area contributed by atoms with Crippen LogP contribution < -0.4 is 0 Å². The molecule has 44 heavy (non-hydrogen) atoms. The number of rotatable bonds is 7. The molecule has 0 aliphatic carbocycles. The van der Waals surface area contributed by atoms with E-state index in [4.69, 9.17) is 0 Å². The fourth-order valence-corrected chi connectivity index (χ4v) is 11.1. The predicted molar refractivity (Wildman–Crippen MR) is 176 cm³/mol. The van der Waals surface area contributed by atoms with Crippen LogP contribution in [0.1, 0.15) is 72.3 Å². The number of aromatic nitrogens is 1. The van der Waals surface area contributed by atoms with E-state index in [0.717, 1.165) is 89.3 Å². The van der Waals surface area contributed by atoms with Crippen molar-refractivity contribution in [2.75, 3.05) is 44.2 Å². The third-order valence-corrected chi connectivity index (χ3v) is 13.7. The number of sulfone groups is 1. The van der Waals surface area contributed by atoms with E-state index in [1.54, 1.807) is 11.3 Å². The molecular weight excluding hydrogens is 593 g/mol. The molecule has 1 aromatic carbocycles. The molecule has 6 heterocycles. The molecule has 4 aliphatic rings. The number of piperazine rings is 1. The molecule has 10 heteroatoms. The number of hydrogen-bond acceptors (Lipinski definition) is 7. The van der Waals surface area contributed by atoms with Gasteiger partial charge in [-0.15, -0.1) is 11.3 Å². The van der Waals surface area contributed by atoms with Gasteiger partial charge in [-0.3, -0.25) is 19.4 Å². The maximum atomic E-state index is 14.2.